The van der Waals surface area contributed by atoms with E-state index in [1.807, 2.05) is 16.8 Å². The van der Waals surface area contributed by atoms with Crippen LogP contribution >= 0.6 is 23.7 Å². The molecule has 0 aromatic carbocycles. The molecule has 0 saturated heterocycles. The maximum absolute atomic E-state index is 11.8. The molecule has 98 valence electrons. The lowest BCUT2D eigenvalue weighted by Crippen LogP contribution is -2.53. The van der Waals surface area contributed by atoms with E-state index in [0.717, 1.165) is 18.4 Å². The SMILES string of the molecule is CCC(CC)(CN)NC(=O)Cc1ccsc1.Cl. The molecule has 1 aromatic heterocycles. The number of rotatable bonds is 6. The fourth-order valence-corrected chi connectivity index (χ4v) is 2.35. The molecule has 0 aliphatic carbocycles. The van der Waals surface area contributed by atoms with E-state index in [9.17, 15) is 4.79 Å². The molecule has 1 aromatic rings. The Morgan fingerprint density at radius 3 is 2.53 bits per heavy atom. The van der Waals surface area contributed by atoms with E-state index in [4.69, 9.17) is 5.73 Å². The van der Waals surface area contributed by atoms with Crippen LogP contribution in [0.15, 0.2) is 16.8 Å². The van der Waals surface area contributed by atoms with Crippen LogP contribution in [0.25, 0.3) is 0 Å². The minimum atomic E-state index is -0.229. The Balaban J connectivity index is 0.00000256. The minimum absolute atomic E-state index is 0. The van der Waals surface area contributed by atoms with Gasteiger partial charge in [-0.15, -0.1) is 12.4 Å². The number of halogens is 1. The van der Waals surface area contributed by atoms with Crippen LogP contribution in [0.1, 0.15) is 32.3 Å². The van der Waals surface area contributed by atoms with Crippen molar-refractivity contribution in [2.75, 3.05) is 6.54 Å². The Hall–Kier alpha value is -0.580. The molecule has 1 heterocycles. The predicted molar refractivity (Wildman–Crippen MR) is 75.8 cm³/mol. The lowest BCUT2D eigenvalue weighted by Gasteiger charge is -2.31. The van der Waals surface area contributed by atoms with Crippen molar-refractivity contribution in [1.82, 2.24) is 5.32 Å². The first kappa shape index (κ1) is 16.4. The number of nitrogens with two attached hydrogens (primary N) is 1. The van der Waals surface area contributed by atoms with Gasteiger partial charge in [-0.2, -0.15) is 11.3 Å². The molecule has 0 fully saturated rings. The number of nitrogens with one attached hydrogen (secondary N) is 1. The van der Waals surface area contributed by atoms with Crippen LogP contribution in [-0.4, -0.2) is 18.0 Å². The van der Waals surface area contributed by atoms with Gasteiger partial charge in [0, 0.05) is 6.54 Å². The predicted octanol–water partition coefficient (Wildman–Crippen LogP) is 2.35. The lowest BCUT2D eigenvalue weighted by molar-refractivity contribution is -0.122. The molecule has 3 nitrogen and oxygen atoms in total. The monoisotopic (exact) mass is 276 g/mol. The third-order valence-corrected chi connectivity index (χ3v) is 3.83. The first-order chi connectivity index (χ1) is 7.65. The molecular formula is C12H21ClN2OS. The van der Waals surface area contributed by atoms with Crippen molar-refractivity contribution >= 4 is 29.7 Å². The number of hydrogen-bond donors (Lipinski definition) is 2. The summed E-state index contributed by atoms with van der Waals surface area (Å²) in [5.74, 6) is 0.0625. The average Bonchev–Trinajstić information content (AvgIpc) is 2.79. The van der Waals surface area contributed by atoms with E-state index in [2.05, 4.69) is 19.2 Å². The van der Waals surface area contributed by atoms with Crippen molar-refractivity contribution in [3.05, 3.63) is 22.4 Å². The Labute approximate surface area is 113 Å². The molecule has 0 saturated carbocycles. The highest BCUT2D eigenvalue weighted by Crippen LogP contribution is 2.14. The Morgan fingerprint density at radius 2 is 2.12 bits per heavy atom. The van der Waals surface area contributed by atoms with Gasteiger partial charge in [-0.3, -0.25) is 4.79 Å². The maximum Gasteiger partial charge on any atom is 0.224 e. The van der Waals surface area contributed by atoms with Crippen molar-refractivity contribution < 1.29 is 4.79 Å². The summed E-state index contributed by atoms with van der Waals surface area (Å²) in [7, 11) is 0. The molecule has 0 atom stereocenters. The van der Waals surface area contributed by atoms with Gasteiger partial charge in [0.05, 0.1) is 12.0 Å². The van der Waals surface area contributed by atoms with Gasteiger partial charge < -0.3 is 11.1 Å². The van der Waals surface area contributed by atoms with Crippen LogP contribution in [0.3, 0.4) is 0 Å². The Morgan fingerprint density at radius 1 is 1.47 bits per heavy atom. The number of amides is 1. The second-order valence-corrected chi connectivity index (χ2v) is 4.83. The van der Waals surface area contributed by atoms with Gasteiger partial charge in [0.15, 0.2) is 0 Å². The van der Waals surface area contributed by atoms with E-state index in [1.54, 1.807) is 11.3 Å². The van der Waals surface area contributed by atoms with Crippen molar-refractivity contribution in [1.29, 1.82) is 0 Å². The first-order valence-electron chi connectivity index (χ1n) is 5.68. The second kappa shape index (κ2) is 7.69. The van der Waals surface area contributed by atoms with E-state index < -0.39 is 0 Å². The van der Waals surface area contributed by atoms with Gasteiger partial charge >= 0.3 is 0 Å². The second-order valence-electron chi connectivity index (χ2n) is 4.05. The molecule has 0 spiro atoms. The van der Waals surface area contributed by atoms with Gasteiger partial charge in [-0.1, -0.05) is 13.8 Å². The van der Waals surface area contributed by atoms with E-state index in [-0.39, 0.29) is 23.9 Å². The highest BCUT2D eigenvalue weighted by atomic mass is 35.5. The molecule has 0 bridgehead atoms. The van der Waals surface area contributed by atoms with Crippen LogP contribution in [0.2, 0.25) is 0 Å². The normalized spacial score (nSPS) is 10.8. The van der Waals surface area contributed by atoms with E-state index >= 15 is 0 Å². The molecule has 0 radical (unpaired) electrons. The van der Waals surface area contributed by atoms with Crippen LogP contribution in [0, 0.1) is 0 Å². The lowest BCUT2D eigenvalue weighted by atomic mass is 9.92. The summed E-state index contributed by atoms with van der Waals surface area (Å²) in [6.45, 7) is 4.61. The zero-order chi connectivity index (χ0) is 12.0. The number of hydrogen-bond acceptors (Lipinski definition) is 3. The molecule has 1 rings (SSSR count). The summed E-state index contributed by atoms with van der Waals surface area (Å²) in [6, 6.07) is 1.98. The quantitative estimate of drug-likeness (QED) is 0.838. The molecule has 5 heteroatoms. The average molecular weight is 277 g/mol. The summed E-state index contributed by atoms with van der Waals surface area (Å²) in [5, 5.41) is 7.04. The fourth-order valence-electron chi connectivity index (χ4n) is 1.69. The number of thiophene rings is 1. The van der Waals surface area contributed by atoms with Crippen molar-refractivity contribution in [2.45, 2.75) is 38.6 Å². The number of carbonyl (C=O) groups is 1. The number of carbonyl (C=O) groups excluding carboxylic acids is 1. The molecule has 0 aliphatic rings. The molecular weight excluding hydrogens is 256 g/mol. The molecule has 1 amide bonds. The highest BCUT2D eigenvalue weighted by Gasteiger charge is 2.26. The summed E-state index contributed by atoms with van der Waals surface area (Å²) in [5.41, 5.74) is 6.58. The Kier molecular flexibility index (Phi) is 7.43. The third kappa shape index (κ3) is 4.66. The molecule has 17 heavy (non-hydrogen) atoms. The van der Waals surface area contributed by atoms with Gasteiger partial charge in [0.25, 0.3) is 0 Å². The van der Waals surface area contributed by atoms with Gasteiger partial charge in [0.1, 0.15) is 0 Å². The summed E-state index contributed by atoms with van der Waals surface area (Å²) in [6.07, 6.45) is 2.19. The van der Waals surface area contributed by atoms with Gasteiger partial charge in [0.2, 0.25) is 5.91 Å². The molecule has 3 N–H and O–H groups in total. The maximum atomic E-state index is 11.8. The summed E-state index contributed by atoms with van der Waals surface area (Å²) < 4.78 is 0. The van der Waals surface area contributed by atoms with Crippen molar-refractivity contribution in [3.63, 3.8) is 0 Å². The van der Waals surface area contributed by atoms with Crippen LogP contribution in [-0.2, 0) is 11.2 Å². The topological polar surface area (TPSA) is 55.1 Å². The van der Waals surface area contributed by atoms with E-state index in [1.165, 1.54) is 0 Å². The standard InChI is InChI=1S/C12H20N2OS.ClH/c1-3-12(4-2,9-13)14-11(15)7-10-5-6-16-8-10;/h5-6,8H,3-4,7,9,13H2,1-2H3,(H,14,15);1H. The van der Waals surface area contributed by atoms with Crippen LogP contribution < -0.4 is 11.1 Å². The fraction of sp³-hybridized carbons (Fsp3) is 0.583. The van der Waals surface area contributed by atoms with Gasteiger partial charge in [-0.05, 0) is 35.2 Å². The zero-order valence-corrected chi connectivity index (χ0v) is 12.0. The van der Waals surface area contributed by atoms with Crippen molar-refractivity contribution in [2.24, 2.45) is 5.73 Å². The van der Waals surface area contributed by atoms with Crippen LogP contribution in [0.4, 0.5) is 0 Å². The summed E-state index contributed by atoms with van der Waals surface area (Å²) in [4.78, 5) is 11.8. The molecule has 0 aliphatic heterocycles. The van der Waals surface area contributed by atoms with Gasteiger partial charge in [-0.25, -0.2) is 0 Å². The smallest absolute Gasteiger partial charge is 0.224 e. The minimum Gasteiger partial charge on any atom is -0.349 e. The first-order valence-corrected chi connectivity index (χ1v) is 6.62. The zero-order valence-electron chi connectivity index (χ0n) is 10.4. The van der Waals surface area contributed by atoms with Crippen molar-refractivity contribution in [3.8, 4) is 0 Å². The molecule has 0 unspecified atom stereocenters. The van der Waals surface area contributed by atoms with Crippen LogP contribution in [0.5, 0.6) is 0 Å². The summed E-state index contributed by atoms with van der Waals surface area (Å²) >= 11 is 1.61. The van der Waals surface area contributed by atoms with E-state index in [0.29, 0.717) is 13.0 Å². The third-order valence-electron chi connectivity index (χ3n) is 3.09. The Bertz CT molecular complexity index is 315. The highest BCUT2D eigenvalue weighted by molar-refractivity contribution is 7.07. The largest absolute Gasteiger partial charge is 0.349 e.